The summed E-state index contributed by atoms with van der Waals surface area (Å²) in [5.74, 6) is -0.0479. The number of thiazole rings is 1. The van der Waals surface area contributed by atoms with Gasteiger partial charge in [-0.25, -0.2) is 4.98 Å². The Bertz CT molecular complexity index is 550. The van der Waals surface area contributed by atoms with Crippen LogP contribution in [0.1, 0.15) is 30.6 Å². The Morgan fingerprint density at radius 1 is 1.59 bits per heavy atom. The molecule has 0 bridgehead atoms. The summed E-state index contributed by atoms with van der Waals surface area (Å²) in [7, 11) is 0. The van der Waals surface area contributed by atoms with Crippen molar-refractivity contribution in [3.8, 4) is 0 Å². The van der Waals surface area contributed by atoms with Gasteiger partial charge in [-0.2, -0.15) is 0 Å². The van der Waals surface area contributed by atoms with E-state index in [0.717, 1.165) is 16.6 Å². The van der Waals surface area contributed by atoms with Crippen molar-refractivity contribution in [2.24, 2.45) is 0 Å². The fourth-order valence-electron chi connectivity index (χ4n) is 1.49. The Morgan fingerprint density at radius 2 is 2.35 bits per heavy atom. The molecule has 17 heavy (non-hydrogen) atoms. The fourth-order valence-corrected chi connectivity index (χ4v) is 2.27. The van der Waals surface area contributed by atoms with Crippen molar-refractivity contribution in [3.63, 3.8) is 0 Å². The van der Waals surface area contributed by atoms with Crippen LogP contribution in [0.3, 0.4) is 0 Å². The highest BCUT2D eigenvalue weighted by Crippen LogP contribution is 2.24. The number of rotatable bonds is 3. The quantitative estimate of drug-likeness (QED) is 0.877. The van der Waals surface area contributed by atoms with Gasteiger partial charge in [0.1, 0.15) is 0 Å². The van der Waals surface area contributed by atoms with Crippen LogP contribution in [0, 0.1) is 0 Å². The monoisotopic (exact) mass is 249 g/mol. The molecule has 0 aliphatic rings. The molecule has 1 aromatic heterocycles. The smallest absolute Gasteiger partial charge is 0.251 e. The molecule has 3 N–H and O–H groups in total. The van der Waals surface area contributed by atoms with E-state index >= 15 is 0 Å². The van der Waals surface area contributed by atoms with E-state index in [2.05, 4.69) is 10.3 Å². The van der Waals surface area contributed by atoms with Gasteiger partial charge >= 0.3 is 0 Å². The lowest BCUT2D eigenvalue weighted by Gasteiger charge is -2.10. The number of hydrogen-bond donors (Lipinski definition) is 2. The summed E-state index contributed by atoms with van der Waals surface area (Å²) < 4.78 is 0.944. The van der Waals surface area contributed by atoms with Crippen LogP contribution < -0.4 is 11.1 Å². The van der Waals surface area contributed by atoms with Gasteiger partial charge < -0.3 is 11.1 Å². The molecule has 2 rings (SSSR count). The third-order valence-electron chi connectivity index (χ3n) is 2.66. The summed E-state index contributed by atoms with van der Waals surface area (Å²) in [6, 6.07) is 5.62. The van der Waals surface area contributed by atoms with Gasteiger partial charge in [-0.1, -0.05) is 18.3 Å². The molecule has 1 heterocycles. The normalized spacial score (nSPS) is 12.6. The van der Waals surface area contributed by atoms with Gasteiger partial charge in [-0.3, -0.25) is 4.79 Å². The molecule has 1 aromatic carbocycles. The SMILES string of the molecule is CCC(C)NC(=O)c1ccc2nc(N)sc2c1. The third kappa shape index (κ3) is 2.55. The zero-order chi connectivity index (χ0) is 12.4. The molecule has 4 nitrogen and oxygen atoms in total. The Morgan fingerprint density at radius 3 is 3.06 bits per heavy atom. The van der Waals surface area contributed by atoms with Crippen LogP contribution in [0.25, 0.3) is 10.2 Å². The highest BCUT2D eigenvalue weighted by molar-refractivity contribution is 7.22. The molecular formula is C12H15N3OS. The maximum absolute atomic E-state index is 11.9. The number of nitrogens with two attached hydrogens (primary N) is 1. The standard InChI is InChI=1S/C12H15N3OS/c1-3-7(2)14-11(16)8-4-5-9-10(6-8)17-12(13)15-9/h4-7H,3H2,1-2H3,(H2,13,15)(H,14,16). The Hall–Kier alpha value is -1.62. The number of aromatic nitrogens is 1. The fraction of sp³-hybridized carbons (Fsp3) is 0.333. The number of benzene rings is 1. The predicted octanol–water partition coefficient (Wildman–Crippen LogP) is 2.41. The number of amides is 1. The van der Waals surface area contributed by atoms with Crippen LogP contribution in [-0.2, 0) is 0 Å². The largest absolute Gasteiger partial charge is 0.375 e. The lowest BCUT2D eigenvalue weighted by Crippen LogP contribution is -2.31. The molecule has 0 saturated carbocycles. The topological polar surface area (TPSA) is 68.0 Å². The van der Waals surface area contributed by atoms with Crippen LogP contribution in [0.15, 0.2) is 18.2 Å². The van der Waals surface area contributed by atoms with Crippen molar-refractivity contribution in [2.45, 2.75) is 26.3 Å². The maximum Gasteiger partial charge on any atom is 0.251 e. The van der Waals surface area contributed by atoms with Gasteiger partial charge in [-0.15, -0.1) is 0 Å². The lowest BCUT2D eigenvalue weighted by molar-refractivity contribution is 0.0939. The van der Waals surface area contributed by atoms with E-state index in [4.69, 9.17) is 5.73 Å². The van der Waals surface area contributed by atoms with Crippen LogP contribution in [0.4, 0.5) is 5.13 Å². The van der Waals surface area contributed by atoms with E-state index in [0.29, 0.717) is 10.7 Å². The average Bonchev–Trinajstić information content (AvgIpc) is 2.67. The third-order valence-corrected chi connectivity index (χ3v) is 3.50. The average molecular weight is 249 g/mol. The van der Waals surface area contributed by atoms with Crippen molar-refractivity contribution >= 4 is 32.6 Å². The summed E-state index contributed by atoms with van der Waals surface area (Å²) in [5, 5.41) is 3.46. The first kappa shape index (κ1) is 11.9. The second kappa shape index (κ2) is 4.71. The van der Waals surface area contributed by atoms with Gasteiger partial charge in [-0.05, 0) is 31.5 Å². The van der Waals surface area contributed by atoms with Crippen LogP contribution in [0.2, 0.25) is 0 Å². The van der Waals surface area contributed by atoms with Crippen molar-refractivity contribution < 1.29 is 4.79 Å². The van der Waals surface area contributed by atoms with E-state index in [1.54, 1.807) is 6.07 Å². The van der Waals surface area contributed by atoms with Gasteiger partial charge in [0.15, 0.2) is 5.13 Å². The molecule has 0 aliphatic heterocycles. The molecule has 0 spiro atoms. The number of anilines is 1. The number of carbonyl (C=O) groups is 1. The minimum Gasteiger partial charge on any atom is -0.375 e. The first-order valence-electron chi connectivity index (χ1n) is 5.57. The van der Waals surface area contributed by atoms with Gasteiger partial charge in [0.05, 0.1) is 10.2 Å². The number of carbonyl (C=O) groups excluding carboxylic acids is 1. The molecule has 0 radical (unpaired) electrons. The molecular weight excluding hydrogens is 234 g/mol. The Kier molecular flexibility index (Phi) is 3.28. The zero-order valence-corrected chi connectivity index (χ0v) is 10.7. The van der Waals surface area contributed by atoms with Crippen molar-refractivity contribution in [2.75, 3.05) is 5.73 Å². The second-order valence-corrected chi connectivity index (χ2v) is 5.08. The van der Waals surface area contributed by atoms with E-state index in [9.17, 15) is 4.79 Å². The molecule has 90 valence electrons. The Labute approximate surface area is 104 Å². The molecule has 1 atom stereocenters. The number of nitrogen functional groups attached to an aromatic ring is 1. The van der Waals surface area contributed by atoms with E-state index in [1.165, 1.54) is 11.3 Å². The number of nitrogens with zero attached hydrogens (tertiary/aromatic N) is 1. The minimum absolute atomic E-state index is 0.0479. The van der Waals surface area contributed by atoms with Gasteiger partial charge in [0.2, 0.25) is 0 Å². The van der Waals surface area contributed by atoms with E-state index in [1.807, 2.05) is 26.0 Å². The number of fused-ring (bicyclic) bond motifs is 1. The van der Waals surface area contributed by atoms with E-state index in [-0.39, 0.29) is 11.9 Å². The molecule has 0 saturated heterocycles. The minimum atomic E-state index is -0.0479. The van der Waals surface area contributed by atoms with Gasteiger partial charge in [0, 0.05) is 11.6 Å². The summed E-state index contributed by atoms with van der Waals surface area (Å²) >= 11 is 1.40. The van der Waals surface area contributed by atoms with Gasteiger partial charge in [0.25, 0.3) is 5.91 Å². The second-order valence-electron chi connectivity index (χ2n) is 4.02. The first-order valence-corrected chi connectivity index (χ1v) is 6.38. The van der Waals surface area contributed by atoms with Crippen LogP contribution >= 0.6 is 11.3 Å². The van der Waals surface area contributed by atoms with Crippen molar-refractivity contribution in [1.29, 1.82) is 0 Å². The first-order chi connectivity index (χ1) is 8.10. The van der Waals surface area contributed by atoms with Crippen molar-refractivity contribution in [3.05, 3.63) is 23.8 Å². The summed E-state index contributed by atoms with van der Waals surface area (Å²) in [6.45, 7) is 4.03. The summed E-state index contributed by atoms with van der Waals surface area (Å²) in [5.41, 5.74) is 7.12. The summed E-state index contributed by atoms with van der Waals surface area (Å²) in [6.07, 6.45) is 0.918. The molecule has 1 amide bonds. The van der Waals surface area contributed by atoms with Crippen LogP contribution in [-0.4, -0.2) is 16.9 Å². The zero-order valence-electron chi connectivity index (χ0n) is 9.86. The van der Waals surface area contributed by atoms with Crippen molar-refractivity contribution in [1.82, 2.24) is 10.3 Å². The molecule has 2 aromatic rings. The highest BCUT2D eigenvalue weighted by atomic mass is 32.1. The highest BCUT2D eigenvalue weighted by Gasteiger charge is 2.10. The number of nitrogens with one attached hydrogen (secondary N) is 1. The molecule has 1 unspecified atom stereocenters. The lowest BCUT2D eigenvalue weighted by atomic mass is 10.2. The molecule has 0 aliphatic carbocycles. The summed E-state index contributed by atoms with van der Waals surface area (Å²) in [4.78, 5) is 16.1. The maximum atomic E-state index is 11.9. The molecule has 0 fully saturated rings. The Balaban J connectivity index is 2.26. The molecule has 5 heteroatoms. The number of hydrogen-bond acceptors (Lipinski definition) is 4. The predicted molar refractivity (Wildman–Crippen MR) is 71.3 cm³/mol. The van der Waals surface area contributed by atoms with Crippen LogP contribution in [0.5, 0.6) is 0 Å². The van der Waals surface area contributed by atoms with E-state index < -0.39 is 0 Å².